The lowest BCUT2D eigenvalue weighted by Crippen LogP contribution is -2.25. The van der Waals surface area contributed by atoms with Gasteiger partial charge in [-0.1, -0.05) is 57.5 Å². The second-order valence-corrected chi connectivity index (χ2v) is 9.48. The van der Waals surface area contributed by atoms with Crippen molar-refractivity contribution in [3.8, 4) is 0 Å². The Bertz CT molecular complexity index is 1170. The summed E-state index contributed by atoms with van der Waals surface area (Å²) >= 11 is 10.8. The fraction of sp³-hybridized carbons (Fsp3) is 0.217. The molecule has 0 unspecified atom stereocenters. The average Bonchev–Trinajstić information content (AvgIpc) is 3.15. The Morgan fingerprint density at radius 1 is 1.21 bits per heavy atom. The molecule has 2 N–H and O–H groups in total. The molecule has 10 heteroatoms. The minimum Gasteiger partial charge on any atom is -0.345 e. The number of amides is 2. The van der Waals surface area contributed by atoms with E-state index in [2.05, 4.69) is 43.3 Å². The first-order chi connectivity index (χ1) is 15.8. The number of hydrogen-bond donors (Lipinski definition) is 2. The van der Waals surface area contributed by atoms with Gasteiger partial charge in [0.2, 0.25) is 5.91 Å². The number of hydrogen-bond acceptors (Lipinski definition) is 5. The van der Waals surface area contributed by atoms with E-state index in [9.17, 15) is 9.59 Å². The van der Waals surface area contributed by atoms with E-state index >= 15 is 0 Å². The first kappa shape index (κ1) is 25.0. The van der Waals surface area contributed by atoms with Crippen LogP contribution in [0.25, 0.3) is 0 Å². The number of benzene rings is 2. The summed E-state index contributed by atoms with van der Waals surface area (Å²) in [6.07, 6.45) is 1.71. The number of aromatic nitrogens is 3. The van der Waals surface area contributed by atoms with E-state index in [0.29, 0.717) is 28.1 Å². The number of nitrogens with zero attached hydrogens (tertiary/aromatic N) is 3. The van der Waals surface area contributed by atoms with Crippen LogP contribution in [0.3, 0.4) is 0 Å². The van der Waals surface area contributed by atoms with Crippen molar-refractivity contribution in [1.29, 1.82) is 0 Å². The molecule has 33 heavy (non-hydrogen) atoms. The number of rotatable bonds is 9. The van der Waals surface area contributed by atoms with E-state index in [1.165, 1.54) is 11.8 Å². The number of anilines is 1. The number of nitrogens with one attached hydrogen (secondary N) is 2. The van der Waals surface area contributed by atoms with E-state index in [0.717, 1.165) is 21.3 Å². The van der Waals surface area contributed by atoms with Gasteiger partial charge in [0, 0.05) is 16.7 Å². The summed E-state index contributed by atoms with van der Waals surface area (Å²) in [4.78, 5) is 25.0. The molecular formula is C23H23BrClN5O2S. The van der Waals surface area contributed by atoms with Crippen molar-refractivity contribution in [1.82, 2.24) is 20.1 Å². The van der Waals surface area contributed by atoms with E-state index in [1.54, 1.807) is 30.3 Å². The molecule has 0 aliphatic heterocycles. The molecule has 2 amide bonds. The van der Waals surface area contributed by atoms with E-state index in [1.807, 2.05) is 30.5 Å². The molecular weight excluding hydrogens is 526 g/mol. The van der Waals surface area contributed by atoms with Crippen molar-refractivity contribution in [3.63, 3.8) is 0 Å². The van der Waals surface area contributed by atoms with Gasteiger partial charge in [0.25, 0.3) is 5.91 Å². The lowest BCUT2D eigenvalue weighted by molar-refractivity contribution is -0.113. The summed E-state index contributed by atoms with van der Waals surface area (Å²) in [7, 11) is 0. The normalized spacial score (nSPS) is 10.7. The molecule has 0 saturated carbocycles. The van der Waals surface area contributed by atoms with Crippen molar-refractivity contribution in [2.24, 2.45) is 0 Å². The van der Waals surface area contributed by atoms with Gasteiger partial charge < -0.3 is 15.2 Å². The maximum Gasteiger partial charge on any atom is 0.253 e. The van der Waals surface area contributed by atoms with E-state index < -0.39 is 0 Å². The third-order valence-electron chi connectivity index (χ3n) is 4.72. The summed E-state index contributed by atoms with van der Waals surface area (Å²) in [5, 5.41) is 15.1. The lowest BCUT2D eigenvalue weighted by Gasteiger charge is -2.12. The Kier molecular flexibility index (Phi) is 8.71. The van der Waals surface area contributed by atoms with Crippen LogP contribution < -0.4 is 10.6 Å². The zero-order valence-electron chi connectivity index (χ0n) is 18.2. The monoisotopic (exact) mass is 547 g/mol. The topological polar surface area (TPSA) is 88.9 Å². The second-order valence-electron chi connectivity index (χ2n) is 7.21. The Morgan fingerprint density at radius 3 is 2.58 bits per heavy atom. The quantitative estimate of drug-likeness (QED) is 0.285. The molecule has 0 bridgehead atoms. The smallest absolute Gasteiger partial charge is 0.253 e. The molecule has 2 aromatic carbocycles. The van der Waals surface area contributed by atoms with Gasteiger partial charge in [0.1, 0.15) is 0 Å². The largest absolute Gasteiger partial charge is 0.345 e. The maximum absolute atomic E-state index is 12.6. The summed E-state index contributed by atoms with van der Waals surface area (Å²) in [6.45, 7) is 8.28. The molecule has 0 spiro atoms. The molecule has 1 heterocycles. The highest BCUT2D eigenvalue weighted by molar-refractivity contribution is 9.10. The van der Waals surface area contributed by atoms with E-state index in [4.69, 9.17) is 11.6 Å². The lowest BCUT2D eigenvalue weighted by atomic mass is 10.1. The van der Waals surface area contributed by atoms with Crippen LogP contribution in [0.4, 0.5) is 5.69 Å². The molecule has 3 aromatic rings. The van der Waals surface area contributed by atoms with Gasteiger partial charge in [-0.2, -0.15) is 0 Å². The summed E-state index contributed by atoms with van der Waals surface area (Å²) in [5.74, 6) is 0.270. The highest BCUT2D eigenvalue weighted by Crippen LogP contribution is 2.26. The summed E-state index contributed by atoms with van der Waals surface area (Å²) < 4.78 is 2.78. The first-order valence-electron chi connectivity index (χ1n) is 10.0. The third-order valence-corrected chi connectivity index (χ3v) is 6.48. The number of halogens is 2. The van der Waals surface area contributed by atoms with E-state index in [-0.39, 0.29) is 24.1 Å². The third kappa shape index (κ3) is 6.46. The minimum absolute atomic E-state index is 0.143. The zero-order valence-corrected chi connectivity index (χ0v) is 21.4. The predicted octanol–water partition coefficient (Wildman–Crippen LogP) is 5.16. The van der Waals surface area contributed by atoms with Gasteiger partial charge >= 0.3 is 0 Å². The maximum atomic E-state index is 12.6. The molecule has 0 radical (unpaired) electrons. The van der Waals surface area contributed by atoms with Gasteiger partial charge in [-0.25, -0.2) is 0 Å². The van der Waals surface area contributed by atoms with Crippen LogP contribution in [0.1, 0.15) is 27.3 Å². The highest BCUT2D eigenvalue weighted by Gasteiger charge is 2.16. The molecule has 1 aromatic heterocycles. The average molecular weight is 549 g/mol. The number of thioether (sulfide) groups is 1. The van der Waals surface area contributed by atoms with Gasteiger partial charge in [-0.3, -0.25) is 9.59 Å². The molecule has 0 atom stereocenters. The van der Waals surface area contributed by atoms with Gasteiger partial charge in [-0.05, 0) is 49.2 Å². The number of carbonyl (C=O) groups excluding carboxylic acids is 2. The fourth-order valence-electron chi connectivity index (χ4n) is 3.18. The van der Waals surface area contributed by atoms with Gasteiger partial charge in [0.05, 0.1) is 22.9 Å². The number of aryl methyl sites for hydroxylation is 2. The van der Waals surface area contributed by atoms with Crippen LogP contribution in [0.15, 0.2) is 58.7 Å². The van der Waals surface area contributed by atoms with Gasteiger partial charge in [-0.15, -0.1) is 16.8 Å². The minimum atomic E-state index is -0.303. The highest BCUT2D eigenvalue weighted by atomic mass is 79.9. The second kappa shape index (κ2) is 11.5. The van der Waals surface area contributed by atoms with Crippen molar-refractivity contribution in [2.45, 2.75) is 32.1 Å². The van der Waals surface area contributed by atoms with Crippen LogP contribution in [0.5, 0.6) is 0 Å². The molecule has 0 aliphatic rings. The van der Waals surface area contributed by atoms with Crippen LogP contribution in [-0.2, 0) is 17.9 Å². The Hall–Kier alpha value is -2.62. The zero-order chi connectivity index (χ0) is 24.0. The van der Waals surface area contributed by atoms with Crippen molar-refractivity contribution in [3.05, 3.63) is 81.1 Å². The molecule has 172 valence electrons. The SMILES string of the molecule is C=CCn1c(CNC(=O)c2ccccc2Cl)nnc1SCC(=O)Nc1c(C)cc(Br)cc1C. The molecule has 0 saturated heterocycles. The molecule has 0 fully saturated rings. The molecule has 0 aliphatic carbocycles. The van der Waals surface area contributed by atoms with Crippen molar-refractivity contribution < 1.29 is 9.59 Å². The molecule has 7 nitrogen and oxygen atoms in total. The van der Waals surface area contributed by atoms with Crippen molar-refractivity contribution >= 4 is 56.8 Å². The fourth-order valence-corrected chi connectivity index (χ4v) is 4.86. The Morgan fingerprint density at radius 2 is 1.91 bits per heavy atom. The summed E-state index contributed by atoms with van der Waals surface area (Å²) in [5.41, 5.74) is 3.15. The van der Waals surface area contributed by atoms with Crippen LogP contribution >= 0.6 is 39.3 Å². The van der Waals surface area contributed by atoms with Gasteiger partial charge in [0.15, 0.2) is 11.0 Å². The van der Waals surface area contributed by atoms with Crippen molar-refractivity contribution in [2.75, 3.05) is 11.1 Å². The van der Waals surface area contributed by atoms with Crippen LogP contribution in [0.2, 0.25) is 5.02 Å². The Labute approximate surface area is 210 Å². The molecule has 3 rings (SSSR count). The first-order valence-corrected chi connectivity index (χ1v) is 12.2. The predicted molar refractivity (Wildman–Crippen MR) is 136 cm³/mol. The Balaban J connectivity index is 1.64. The van der Waals surface area contributed by atoms with Crippen LogP contribution in [0, 0.1) is 13.8 Å². The summed E-state index contributed by atoms with van der Waals surface area (Å²) in [6, 6.07) is 10.7. The number of allylic oxidation sites excluding steroid dienone is 1. The van der Waals surface area contributed by atoms with Crippen LogP contribution in [-0.4, -0.2) is 32.3 Å². The standard InChI is InChI=1S/C23H23BrClN5O2S/c1-4-9-30-19(12-26-22(32)17-7-5-6-8-18(17)25)28-29-23(30)33-13-20(31)27-21-14(2)10-16(24)11-15(21)3/h4-8,10-11H,1,9,12-13H2,2-3H3,(H,26,32)(H,27,31). The number of carbonyl (C=O) groups is 2.